The number of carbonyl (C=O) groups is 1. The lowest BCUT2D eigenvalue weighted by atomic mass is 9.93. The van der Waals surface area contributed by atoms with Crippen LogP contribution in [0.25, 0.3) is 0 Å². The van der Waals surface area contributed by atoms with Gasteiger partial charge in [0.2, 0.25) is 5.91 Å². The molecule has 7 heteroatoms. The van der Waals surface area contributed by atoms with E-state index in [1.165, 1.54) is 31.0 Å². The summed E-state index contributed by atoms with van der Waals surface area (Å²) in [5.41, 5.74) is 2.24. The van der Waals surface area contributed by atoms with Crippen LogP contribution >= 0.6 is 0 Å². The molecule has 0 aliphatic carbocycles. The maximum atomic E-state index is 12.3. The van der Waals surface area contributed by atoms with E-state index in [1.807, 2.05) is 18.2 Å². The van der Waals surface area contributed by atoms with E-state index in [2.05, 4.69) is 35.4 Å². The number of aliphatic hydroxyl groups is 1. The lowest BCUT2D eigenvalue weighted by Crippen LogP contribution is -2.43. The third-order valence-corrected chi connectivity index (χ3v) is 6.03. The lowest BCUT2D eigenvalue weighted by Gasteiger charge is -2.28. The molecule has 0 aromatic heterocycles. The van der Waals surface area contributed by atoms with Crippen LogP contribution in [0.5, 0.6) is 11.5 Å². The zero-order chi connectivity index (χ0) is 23.8. The van der Waals surface area contributed by atoms with Gasteiger partial charge in [-0.3, -0.25) is 4.79 Å². The molecular formula is C26H37N3O4. The van der Waals surface area contributed by atoms with Crippen LogP contribution in [0.1, 0.15) is 49.5 Å². The van der Waals surface area contributed by atoms with E-state index in [4.69, 9.17) is 0 Å². The van der Waals surface area contributed by atoms with Crippen LogP contribution in [0.4, 0.5) is 0 Å². The molecule has 33 heavy (non-hydrogen) atoms. The Hall–Kier alpha value is -2.61. The molecule has 2 aromatic rings. The van der Waals surface area contributed by atoms with Crippen molar-refractivity contribution in [3.8, 4) is 11.5 Å². The molecule has 1 atom stereocenters. The topological polar surface area (TPSA) is 105 Å². The number of nitrogens with zero attached hydrogens (tertiary/aromatic N) is 1. The van der Waals surface area contributed by atoms with Crippen molar-refractivity contribution < 1.29 is 20.1 Å². The highest BCUT2D eigenvalue weighted by Gasteiger charge is 2.21. The minimum absolute atomic E-state index is 0.0428. The first-order valence-electron chi connectivity index (χ1n) is 11.7. The molecule has 3 rings (SSSR count). The molecule has 1 fully saturated rings. The number of aliphatic hydroxyl groups excluding tert-OH is 1. The summed E-state index contributed by atoms with van der Waals surface area (Å²) >= 11 is 0. The number of hydrogen-bond acceptors (Lipinski definition) is 6. The number of rotatable bonds is 11. The second-order valence-electron chi connectivity index (χ2n) is 9.64. The van der Waals surface area contributed by atoms with Crippen LogP contribution in [-0.2, 0) is 17.6 Å². The first-order chi connectivity index (χ1) is 15.7. The Morgan fingerprint density at radius 1 is 1.06 bits per heavy atom. The fraction of sp³-hybridized carbons (Fsp3) is 0.500. The van der Waals surface area contributed by atoms with E-state index in [0.29, 0.717) is 18.5 Å². The molecule has 5 N–H and O–H groups in total. The van der Waals surface area contributed by atoms with Crippen molar-refractivity contribution in [2.75, 3.05) is 32.7 Å². The van der Waals surface area contributed by atoms with Gasteiger partial charge in [0, 0.05) is 31.2 Å². The van der Waals surface area contributed by atoms with Crippen molar-refractivity contribution in [2.45, 2.75) is 51.2 Å². The van der Waals surface area contributed by atoms with Crippen molar-refractivity contribution in [1.29, 1.82) is 0 Å². The van der Waals surface area contributed by atoms with Gasteiger partial charge >= 0.3 is 0 Å². The molecule has 0 radical (unpaired) electrons. The van der Waals surface area contributed by atoms with E-state index in [0.717, 1.165) is 37.2 Å². The van der Waals surface area contributed by atoms with E-state index >= 15 is 0 Å². The second kappa shape index (κ2) is 11.5. The van der Waals surface area contributed by atoms with Gasteiger partial charge in [0.05, 0.1) is 12.5 Å². The minimum Gasteiger partial charge on any atom is -0.508 e. The Balaban J connectivity index is 1.47. The quantitative estimate of drug-likeness (QED) is 0.357. The summed E-state index contributed by atoms with van der Waals surface area (Å²) in [6.45, 7) is 8.25. The predicted molar refractivity (Wildman–Crippen MR) is 129 cm³/mol. The molecule has 0 saturated carbocycles. The fourth-order valence-electron chi connectivity index (χ4n) is 4.33. The summed E-state index contributed by atoms with van der Waals surface area (Å²) in [6, 6.07) is 12.2. The molecule has 1 unspecified atom stereocenters. The number of phenolic OH excluding ortho intramolecular Hbond substituents is 2. The van der Waals surface area contributed by atoms with Crippen LogP contribution in [0.15, 0.2) is 42.5 Å². The van der Waals surface area contributed by atoms with Gasteiger partial charge in [-0.15, -0.1) is 0 Å². The molecular weight excluding hydrogens is 418 g/mol. The van der Waals surface area contributed by atoms with Crippen LogP contribution in [0.3, 0.4) is 0 Å². The molecule has 1 amide bonds. The third-order valence-electron chi connectivity index (χ3n) is 6.03. The Kier molecular flexibility index (Phi) is 8.72. The van der Waals surface area contributed by atoms with Gasteiger partial charge in [-0.05, 0) is 75.0 Å². The predicted octanol–water partition coefficient (Wildman–Crippen LogP) is 2.50. The maximum absolute atomic E-state index is 12.3. The highest BCUT2D eigenvalue weighted by Crippen LogP contribution is 2.25. The lowest BCUT2D eigenvalue weighted by molar-refractivity contribution is -0.120. The van der Waals surface area contributed by atoms with Crippen LogP contribution in [0.2, 0.25) is 0 Å². The average molecular weight is 456 g/mol. The smallest absolute Gasteiger partial charge is 0.224 e. The molecule has 1 aliphatic rings. The molecule has 1 saturated heterocycles. The van der Waals surface area contributed by atoms with Crippen molar-refractivity contribution >= 4 is 5.91 Å². The van der Waals surface area contributed by atoms with Crippen LogP contribution in [0, 0.1) is 0 Å². The molecule has 2 aromatic carbocycles. The highest BCUT2D eigenvalue weighted by atomic mass is 16.3. The van der Waals surface area contributed by atoms with Crippen molar-refractivity contribution in [3.63, 3.8) is 0 Å². The van der Waals surface area contributed by atoms with Crippen molar-refractivity contribution in [1.82, 2.24) is 15.5 Å². The maximum Gasteiger partial charge on any atom is 0.224 e. The van der Waals surface area contributed by atoms with Gasteiger partial charge in [0.15, 0.2) is 0 Å². The normalized spacial score (nSPS) is 15.5. The first-order valence-corrected chi connectivity index (χ1v) is 11.7. The molecule has 0 spiro atoms. The van der Waals surface area contributed by atoms with Gasteiger partial charge in [-0.2, -0.15) is 0 Å². The van der Waals surface area contributed by atoms with E-state index in [9.17, 15) is 20.1 Å². The molecule has 1 heterocycles. The van der Waals surface area contributed by atoms with Crippen molar-refractivity contribution in [3.05, 3.63) is 59.2 Å². The number of amides is 1. The van der Waals surface area contributed by atoms with E-state index in [1.54, 1.807) is 0 Å². The molecule has 1 aliphatic heterocycles. The van der Waals surface area contributed by atoms with Gasteiger partial charge in [0.25, 0.3) is 0 Å². The second-order valence-corrected chi connectivity index (χ2v) is 9.64. The van der Waals surface area contributed by atoms with E-state index < -0.39 is 6.10 Å². The summed E-state index contributed by atoms with van der Waals surface area (Å²) in [6.07, 6.45) is 2.73. The molecule has 0 bridgehead atoms. The Labute approximate surface area is 196 Å². The number of benzene rings is 2. The highest BCUT2D eigenvalue weighted by molar-refractivity contribution is 5.78. The molecule has 180 valence electrons. The Morgan fingerprint density at radius 2 is 1.73 bits per heavy atom. The monoisotopic (exact) mass is 455 g/mol. The number of β-amino-alcohol motifs (C(OH)–C–C–N with tert-alkyl or cyclic N) is 1. The summed E-state index contributed by atoms with van der Waals surface area (Å²) in [4.78, 5) is 14.7. The van der Waals surface area contributed by atoms with Gasteiger partial charge < -0.3 is 30.9 Å². The number of nitrogens with one attached hydrogen (secondary N) is 2. The van der Waals surface area contributed by atoms with Crippen molar-refractivity contribution in [2.24, 2.45) is 0 Å². The van der Waals surface area contributed by atoms with Gasteiger partial charge in [-0.1, -0.05) is 24.3 Å². The minimum atomic E-state index is -0.863. The van der Waals surface area contributed by atoms with Crippen LogP contribution < -0.4 is 10.6 Å². The largest absolute Gasteiger partial charge is 0.508 e. The summed E-state index contributed by atoms with van der Waals surface area (Å²) in [5.74, 6) is -0.123. The number of hydrogen-bond donors (Lipinski definition) is 5. The standard InChI is InChI=1S/C26H37N3O4/c1-26(2,28-18-24(32)21-14-22(30)16-23(31)15-21)17-20-7-5-6-19(12-20)13-25(33)27-8-11-29-9-3-4-10-29/h5-7,12,14-16,24,28,30-32H,3-4,8-11,13,17-18H2,1-2H3,(H,27,33). The Morgan fingerprint density at radius 3 is 2.42 bits per heavy atom. The number of aromatic hydroxyl groups is 2. The SMILES string of the molecule is CC(C)(Cc1cccc(CC(=O)NCCN2CCCC2)c1)NCC(O)c1cc(O)cc(O)c1. The van der Waals surface area contributed by atoms with Gasteiger partial charge in [0.1, 0.15) is 11.5 Å². The number of likely N-dealkylation sites (tertiary alicyclic amines) is 1. The fourth-order valence-corrected chi connectivity index (χ4v) is 4.33. The molecule has 7 nitrogen and oxygen atoms in total. The summed E-state index contributed by atoms with van der Waals surface area (Å²) in [5, 5.41) is 36.1. The third kappa shape index (κ3) is 8.35. The number of phenols is 2. The summed E-state index contributed by atoms with van der Waals surface area (Å²) in [7, 11) is 0. The average Bonchev–Trinajstić information content (AvgIpc) is 3.25. The van der Waals surface area contributed by atoms with Crippen LogP contribution in [-0.4, -0.2) is 64.4 Å². The zero-order valence-corrected chi connectivity index (χ0v) is 19.7. The Bertz CT molecular complexity index is 905. The van der Waals surface area contributed by atoms with E-state index in [-0.39, 0.29) is 29.5 Å². The zero-order valence-electron chi connectivity index (χ0n) is 19.7. The summed E-state index contributed by atoms with van der Waals surface area (Å²) < 4.78 is 0. The number of carbonyl (C=O) groups excluding carboxylic acids is 1. The van der Waals surface area contributed by atoms with Gasteiger partial charge in [-0.25, -0.2) is 0 Å². The first kappa shape index (κ1) is 25.0.